The molecule has 0 aliphatic rings. The van der Waals surface area contributed by atoms with Crippen molar-refractivity contribution in [3.63, 3.8) is 0 Å². The number of halogens is 3. The average Bonchev–Trinajstić information content (AvgIpc) is 2.82. The second kappa shape index (κ2) is 10.2. The smallest absolute Gasteiger partial charge is 0.416 e. The van der Waals surface area contributed by atoms with Crippen LogP contribution in [0.4, 0.5) is 13.2 Å². The summed E-state index contributed by atoms with van der Waals surface area (Å²) >= 11 is 0. The molecule has 3 rings (SSSR count). The van der Waals surface area contributed by atoms with Gasteiger partial charge in [0.1, 0.15) is 5.75 Å². The summed E-state index contributed by atoms with van der Waals surface area (Å²) in [7, 11) is -2.45. The van der Waals surface area contributed by atoms with E-state index in [0.717, 1.165) is 22.5 Å². The lowest BCUT2D eigenvalue weighted by Crippen LogP contribution is -2.26. The molecule has 0 aliphatic carbocycles. The molecule has 0 aromatic heterocycles. The zero-order valence-corrected chi connectivity index (χ0v) is 19.0. The Balaban J connectivity index is 1.74. The van der Waals surface area contributed by atoms with Gasteiger partial charge in [0.05, 0.1) is 22.1 Å². The molecular formula is C24H19F3N2O5S. The molecule has 0 heterocycles. The Morgan fingerprint density at radius 3 is 2.26 bits per heavy atom. The van der Waals surface area contributed by atoms with Gasteiger partial charge in [-0.05, 0) is 54.1 Å². The van der Waals surface area contributed by atoms with Crippen LogP contribution in [0.1, 0.15) is 28.4 Å². The highest BCUT2D eigenvalue weighted by atomic mass is 32.2. The summed E-state index contributed by atoms with van der Waals surface area (Å²) < 4.78 is 71.0. The number of rotatable bonds is 8. The third kappa shape index (κ3) is 6.17. The largest absolute Gasteiger partial charge is 0.478 e. The van der Waals surface area contributed by atoms with Crippen LogP contribution in [0, 0.1) is 11.3 Å². The highest BCUT2D eigenvalue weighted by Gasteiger charge is 2.32. The average molecular weight is 504 g/mol. The molecule has 35 heavy (non-hydrogen) atoms. The Hall–Kier alpha value is -3.88. The van der Waals surface area contributed by atoms with E-state index in [1.54, 1.807) is 0 Å². The number of aliphatic carboxylic acids is 1. The summed E-state index contributed by atoms with van der Waals surface area (Å²) in [5.41, 5.74) is -0.286. The third-order valence-electron chi connectivity index (χ3n) is 5.02. The maximum Gasteiger partial charge on any atom is 0.416 e. The maximum absolute atomic E-state index is 13.0. The van der Waals surface area contributed by atoms with E-state index in [1.807, 2.05) is 6.07 Å². The van der Waals surface area contributed by atoms with Gasteiger partial charge < -0.3 is 9.84 Å². The first-order valence-electron chi connectivity index (χ1n) is 10.0. The van der Waals surface area contributed by atoms with Crippen LogP contribution in [-0.2, 0) is 27.5 Å². The number of nitrogens with zero attached hydrogens (tertiary/aromatic N) is 2. The van der Waals surface area contributed by atoms with E-state index in [0.29, 0.717) is 11.1 Å². The highest BCUT2D eigenvalue weighted by Crippen LogP contribution is 2.32. The fourth-order valence-electron chi connectivity index (χ4n) is 3.17. The topological polar surface area (TPSA) is 108 Å². The summed E-state index contributed by atoms with van der Waals surface area (Å²) in [6, 6.07) is 17.1. The normalized spacial score (nSPS) is 12.7. The minimum absolute atomic E-state index is 0.0153. The minimum atomic E-state index is -4.63. The van der Waals surface area contributed by atoms with Crippen molar-refractivity contribution in [2.24, 2.45) is 0 Å². The molecule has 11 heteroatoms. The molecule has 0 radical (unpaired) electrons. The van der Waals surface area contributed by atoms with Crippen molar-refractivity contribution < 1.29 is 36.2 Å². The van der Waals surface area contributed by atoms with Gasteiger partial charge in [0.25, 0.3) is 0 Å². The van der Waals surface area contributed by atoms with E-state index in [9.17, 15) is 31.5 Å². The number of ether oxygens (including phenoxy) is 1. The molecule has 182 valence electrons. The Kier molecular flexibility index (Phi) is 7.48. The van der Waals surface area contributed by atoms with E-state index in [2.05, 4.69) is 0 Å². The monoisotopic (exact) mass is 504 g/mol. The van der Waals surface area contributed by atoms with E-state index < -0.39 is 33.8 Å². The van der Waals surface area contributed by atoms with Crippen LogP contribution in [0.2, 0.25) is 0 Å². The zero-order chi connectivity index (χ0) is 25.8. The van der Waals surface area contributed by atoms with Gasteiger partial charge in [0, 0.05) is 19.2 Å². The number of benzene rings is 3. The van der Waals surface area contributed by atoms with Crippen LogP contribution in [-0.4, -0.2) is 30.8 Å². The van der Waals surface area contributed by atoms with Gasteiger partial charge in [-0.1, -0.05) is 24.3 Å². The van der Waals surface area contributed by atoms with Crippen molar-refractivity contribution in [1.82, 2.24) is 4.31 Å². The van der Waals surface area contributed by atoms with E-state index >= 15 is 0 Å². The van der Waals surface area contributed by atoms with E-state index in [4.69, 9.17) is 10.00 Å². The van der Waals surface area contributed by atoms with Crippen LogP contribution in [0.25, 0.3) is 0 Å². The van der Waals surface area contributed by atoms with Crippen molar-refractivity contribution >= 4 is 16.0 Å². The van der Waals surface area contributed by atoms with Crippen LogP contribution in [0.5, 0.6) is 5.75 Å². The number of hydrogen-bond donors (Lipinski definition) is 1. The molecule has 1 N–H and O–H groups in total. The van der Waals surface area contributed by atoms with Crippen molar-refractivity contribution in [2.45, 2.75) is 23.7 Å². The molecule has 0 fully saturated rings. The van der Waals surface area contributed by atoms with Gasteiger partial charge in [0.2, 0.25) is 16.1 Å². The molecule has 0 spiro atoms. The molecule has 0 saturated carbocycles. The summed E-state index contributed by atoms with van der Waals surface area (Å²) in [4.78, 5) is 11.7. The van der Waals surface area contributed by atoms with Crippen molar-refractivity contribution in [2.75, 3.05) is 7.05 Å². The Morgan fingerprint density at radius 1 is 1.09 bits per heavy atom. The van der Waals surface area contributed by atoms with Crippen LogP contribution >= 0.6 is 0 Å². The predicted octanol–water partition coefficient (Wildman–Crippen LogP) is 4.60. The Labute approximate surface area is 199 Å². The quantitative estimate of drug-likeness (QED) is 0.480. The first-order chi connectivity index (χ1) is 16.4. The van der Waals surface area contributed by atoms with Gasteiger partial charge in [-0.3, -0.25) is 0 Å². The van der Waals surface area contributed by atoms with E-state index in [1.165, 1.54) is 61.6 Å². The van der Waals surface area contributed by atoms with Gasteiger partial charge in [-0.25, -0.2) is 13.2 Å². The molecule has 0 aliphatic heterocycles. The molecule has 1 unspecified atom stereocenters. The summed E-state index contributed by atoms with van der Waals surface area (Å²) in [6.45, 7) is -0.0153. The second-order valence-electron chi connectivity index (χ2n) is 7.50. The predicted molar refractivity (Wildman–Crippen MR) is 119 cm³/mol. The fourth-order valence-corrected chi connectivity index (χ4v) is 4.33. The molecule has 7 nitrogen and oxygen atoms in total. The lowest BCUT2D eigenvalue weighted by atomic mass is 10.1. The van der Waals surface area contributed by atoms with Gasteiger partial charge in [-0.2, -0.15) is 22.7 Å². The standard InChI is InChI=1S/C24H19F3N2O5S/c1-29(35(32,33)21-11-7-16(14-28)8-12-21)15-17-5-9-20(10-6-17)34-22(23(30)31)18-3-2-4-19(13-18)24(25,26)27/h2-13,22H,15H2,1H3,(H,30,31). The van der Waals surface area contributed by atoms with Crippen LogP contribution in [0.15, 0.2) is 77.7 Å². The summed E-state index contributed by atoms with van der Waals surface area (Å²) in [6.07, 6.45) is -6.31. The van der Waals surface area contributed by atoms with Gasteiger partial charge in [0.15, 0.2) is 0 Å². The first kappa shape index (κ1) is 25.7. The number of nitriles is 1. The molecule has 0 bridgehead atoms. The molecule has 0 saturated heterocycles. The maximum atomic E-state index is 13.0. The Bertz CT molecular complexity index is 1350. The minimum Gasteiger partial charge on any atom is -0.478 e. The van der Waals surface area contributed by atoms with Crippen molar-refractivity contribution in [3.8, 4) is 11.8 Å². The number of alkyl halides is 3. The molecule has 3 aromatic carbocycles. The van der Waals surface area contributed by atoms with E-state index in [-0.39, 0.29) is 22.8 Å². The summed E-state index contributed by atoms with van der Waals surface area (Å²) in [5, 5.41) is 18.3. The van der Waals surface area contributed by atoms with Gasteiger partial charge >= 0.3 is 12.1 Å². The number of sulfonamides is 1. The number of carboxylic acid groups (broad SMARTS) is 1. The summed E-state index contributed by atoms with van der Waals surface area (Å²) in [5.74, 6) is -1.39. The lowest BCUT2D eigenvalue weighted by molar-refractivity contribution is -0.146. The first-order valence-corrected chi connectivity index (χ1v) is 11.5. The SMILES string of the molecule is CN(Cc1ccc(OC(C(=O)O)c2cccc(C(F)(F)F)c2)cc1)S(=O)(=O)c1ccc(C#N)cc1. The van der Waals surface area contributed by atoms with Crippen molar-refractivity contribution in [1.29, 1.82) is 5.26 Å². The number of carboxylic acids is 1. The number of carbonyl (C=O) groups is 1. The van der Waals surface area contributed by atoms with Crippen LogP contribution in [0.3, 0.4) is 0 Å². The molecule has 0 amide bonds. The third-order valence-corrected chi connectivity index (χ3v) is 6.83. The van der Waals surface area contributed by atoms with Crippen LogP contribution < -0.4 is 4.74 Å². The lowest BCUT2D eigenvalue weighted by Gasteiger charge is -2.19. The highest BCUT2D eigenvalue weighted by molar-refractivity contribution is 7.89. The second-order valence-corrected chi connectivity index (χ2v) is 9.55. The van der Waals surface area contributed by atoms with Crippen molar-refractivity contribution in [3.05, 3.63) is 95.1 Å². The van der Waals surface area contributed by atoms with Gasteiger partial charge in [-0.15, -0.1) is 0 Å². The zero-order valence-electron chi connectivity index (χ0n) is 18.2. The molecule has 3 aromatic rings. The Morgan fingerprint density at radius 2 is 1.71 bits per heavy atom. The molecular weight excluding hydrogens is 485 g/mol. The fraction of sp³-hybridized carbons (Fsp3) is 0.167. The molecule has 1 atom stereocenters. The number of hydrogen-bond acceptors (Lipinski definition) is 5.